The fraction of sp³-hybridized carbons (Fsp3) is 1.00. The molecular weight excluding hydrogens is 242 g/mol. The first-order chi connectivity index (χ1) is 7.79. The van der Waals surface area contributed by atoms with Crippen LogP contribution >= 0.6 is 0 Å². The number of rotatable bonds is 6. The Morgan fingerprint density at radius 1 is 0.941 bits per heavy atom. The fourth-order valence-electron chi connectivity index (χ4n) is 2.79. The highest BCUT2D eigenvalue weighted by Gasteiger charge is 2.29. The van der Waals surface area contributed by atoms with Crippen LogP contribution in [0.15, 0.2) is 0 Å². The molecule has 0 saturated carbocycles. The Kier molecular flexibility index (Phi) is 5.89. The van der Waals surface area contributed by atoms with Crippen molar-refractivity contribution in [2.75, 3.05) is 19.6 Å². The van der Waals surface area contributed by atoms with E-state index in [1.54, 1.807) is 0 Å². The van der Waals surface area contributed by atoms with E-state index >= 15 is 0 Å². The van der Waals surface area contributed by atoms with Crippen LogP contribution in [-0.4, -0.2) is 41.2 Å². The largest absolute Gasteiger partial charge is 0.456 e. The molecule has 1 fully saturated rings. The van der Waals surface area contributed by atoms with E-state index in [1.807, 2.05) is 0 Å². The molecule has 2 nitrogen and oxygen atoms in total. The quantitative estimate of drug-likeness (QED) is 0.680. The topological polar surface area (TPSA) is 12.5 Å². The van der Waals surface area contributed by atoms with Crippen molar-refractivity contribution in [2.24, 2.45) is 0 Å². The third-order valence-electron chi connectivity index (χ3n) is 3.28. The van der Waals surface area contributed by atoms with Crippen LogP contribution in [-0.2, 0) is 4.12 Å². The first kappa shape index (κ1) is 15.4. The maximum Gasteiger partial charge on any atom is 0.173 e. The Morgan fingerprint density at radius 3 is 2.06 bits per heavy atom. The minimum absolute atomic E-state index is 1.30. The second-order valence-electron chi connectivity index (χ2n) is 6.98. The second-order valence-corrected chi connectivity index (χ2v) is 16.0. The molecule has 0 N–H and O–H groups in total. The van der Waals surface area contributed by atoms with Crippen molar-refractivity contribution in [2.45, 2.75) is 64.5 Å². The maximum absolute atomic E-state index is 6.37. The summed E-state index contributed by atoms with van der Waals surface area (Å²) >= 11 is 0. The number of likely N-dealkylation sites (tertiary alicyclic amines) is 1. The van der Waals surface area contributed by atoms with Crippen LogP contribution in [0, 0.1) is 0 Å². The van der Waals surface area contributed by atoms with Gasteiger partial charge in [0.05, 0.1) is 0 Å². The summed E-state index contributed by atoms with van der Waals surface area (Å²) in [6.07, 6.45) is 5.59. The monoisotopic (exact) mass is 273 g/mol. The third-order valence-corrected chi connectivity index (χ3v) is 9.50. The lowest BCUT2D eigenvalue weighted by atomic mass is 10.1. The molecule has 1 aliphatic heterocycles. The highest BCUT2D eigenvalue weighted by atomic mass is 28.4. The van der Waals surface area contributed by atoms with Gasteiger partial charge in [-0.15, -0.1) is 0 Å². The Bertz CT molecular complexity index is 220. The van der Waals surface area contributed by atoms with Crippen LogP contribution in [0.25, 0.3) is 0 Å². The van der Waals surface area contributed by atoms with E-state index in [4.69, 9.17) is 4.12 Å². The van der Waals surface area contributed by atoms with Crippen LogP contribution in [0.5, 0.6) is 0 Å². The summed E-state index contributed by atoms with van der Waals surface area (Å²) in [6, 6.07) is 1.33. The Balaban J connectivity index is 2.20. The molecule has 0 aromatic rings. The smallest absolute Gasteiger partial charge is 0.173 e. The van der Waals surface area contributed by atoms with Gasteiger partial charge in [-0.1, -0.05) is 6.42 Å². The summed E-state index contributed by atoms with van der Waals surface area (Å²) in [5.74, 6) is 0. The predicted octanol–water partition coefficient (Wildman–Crippen LogP) is 3.92. The van der Waals surface area contributed by atoms with Gasteiger partial charge in [-0.25, -0.2) is 0 Å². The molecule has 0 aromatic heterocycles. The molecule has 4 heteroatoms. The number of hydrogen-bond acceptors (Lipinski definition) is 2. The van der Waals surface area contributed by atoms with Crippen LogP contribution in [0.3, 0.4) is 0 Å². The van der Waals surface area contributed by atoms with E-state index in [-0.39, 0.29) is 0 Å². The first-order valence-corrected chi connectivity index (χ1v) is 13.7. The zero-order valence-electron chi connectivity index (χ0n) is 12.5. The van der Waals surface area contributed by atoms with Gasteiger partial charge in [-0.3, -0.25) is 0 Å². The van der Waals surface area contributed by atoms with Crippen molar-refractivity contribution in [3.63, 3.8) is 0 Å². The van der Waals surface area contributed by atoms with Crippen molar-refractivity contribution in [3.8, 4) is 0 Å². The van der Waals surface area contributed by atoms with E-state index in [0.29, 0.717) is 0 Å². The SMILES string of the molecule is C[Si](C)(C)O[Si](C)(C)CCCN1CCCCC1. The molecule has 0 bridgehead atoms. The molecule has 0 radical (unpaired) electrons. The van der Waals surface area contributed by atoms with Gasteiger partial charge in [0, 0.05) is 0 Å². The standard InChI is InChI=1S/C13H31NOSi2/c1-16(2,3)15-17(4,5)13-9-12-14-10-7-6-8-11-14/h6-13H2,1-5H3. The van der Waals surface area contributed by atoms with Gasteiger partial charge in [0.1, 0.15) is 0 Å². The van der Waals surface area contributed by atoms with Gasteiger partial charge in [0.25, 0.3) is 0 Å². The van der Waals surface area contributed by atoms with Gasteiger partial charge in [0.15, 0.2) is 16.6 Å². The summed E-state index contributed by atoms with van der Waals surface area (Å²) in [7, 11) is -2.72. The average molecular weight is 274 g/mol. The third kappa shape index (κ3) is 7.39. The van der Waals surface area contributed by atoms with Gasteiger partial charge >= 0.3 is 0 Å². The molecule has 0 amide bonds. The molecule has 17 heavy (non-hydrogen) atoms. The molecule has 1 rings (SSSR count). The maximum atomic E-state index is 6.37. The highest BCUT2D eigenvalue weighted by Crippen LogP contribution is 2.20. The molecule has 0 aliphatic carbocycles. The molecular formula is C13H31NOSi2. The lowest BCUT2D eigenvalue weighted by Gasteiger charge is -2.33. The molecule has 0 aromatic carbocycles. The summed E-state index contributed by atoms with van der Waals surface area (Å²) < 4.78 is 6.37. The predicted molar refractivity (Wildman–Crippen MR) is 81.6 cm³/mol. The minimum atomic E-state index is -1.39. The molecule has 0 atom stereocenters. The van der Waals surface area contributed by atoms with Crippen LogP contribution < -0.4 is 0 Å². The summed E-state index contributed by atoms with van der Waals surface area (Å²) in [4.78, 5) is 2.64. The number of piperidine rings is 1. The van der Waals surface area contributed by atoms with Gasteiger partial charge in [-0.05, 0) is 77.7 Å². The molecule has 1 aliphatic rings. The van der Waals surface area contributed by atoms with E-state index in [2.05, 4.69) is 37.6 Å². The lowest BCUT2D eigenvalue weighted by molar-refractivity contribution is 0.228. The number of hydrogen-bond donors (Lipinski definition) is 0. The van der Waals surface area contributed by atoms with Gasteiger partial charge < -0.3 is 9.02 Å². The number of nitrogens with zero attached hydrogens (tertiary/aromatic N) is 1. The van der Waals surface area contributed by atoms with Crippen LogP contribution in [0.4, 0.5) is 0 Å². The van der Waals surface area contributed by atoms with Crippen LogP contribution in [0.2, 0.25) is 38.8 Å². The molecule has 1 saturated heterocycles. The second kappa shape index (κ2) is 6.50. The Labute approximate surface area is 110 Å². The van der Waals surface area contributed by atoms with Crippen LogP contribution in [0.1, 0.15) is 25.7 Å². The Morgan fingerprint density at radius 2 is 1.53 bits per heavy atom. The molecule has 0 unspecified atom stereocenters. The van der Waals surface area contributed by atoms with Crippen molar-refractivity contribution in [1.82, 2.24) is 4.90 Å². The fourth-order valence-corrected chi connectivity index (χ4v) is 10.8. The highest BCUT2D eigenvalue weighted by molar-refractivity contribution is 6.84. The lowest BCUT2D eigenvalue weighted by Crippen LogP contribution is -2.42. The van der Waals surface area contributed by atoms with E-state index in [0.717, 1.165) is 0 Å². The first-order valence-electron chi connectivity index (χ1n) is 7.21. The summed E-state index contributed by atoms with van der Waals surface area (Å²) in [5.41, 5.74) is 0. The van der Waals surface area contributed by atoms with Crippen molar-refractivity contribution < 1.29 is 4.12 Å². The van der Waals surface area contributed by atoms with E-state index in [9.17, 15) is 0 Å². The zero-order valence-corrected chi connectivity index (χ0v) is 14.5. The van der Waals surface area contributed by atoms with Crippen molar-refractivity contribution in [1.29, 1.82) is 0 Å². The molecule has 0 spiro atoms. The van der Waals surface area contributed by atoms with Crippen molar-refractivity contribution in [3.05, 3.63) is 0 Å². The minimum Gasteiger partial charge on any atom is -0.456 e. The zero-order chi connectivity index (χ0) is 12.9. The molecule has 102 valence electrons. The average Bonchev–Trinajstić information content (AvgIpc) is 2.15. The summed E-state index contributed by atoms with van der Waals surface area (Å²) in [5, 5.41) is 0. The Hall–Kier alpha value is 0.354. The van der Waals surface area contributed by atoms with Gasteiger partial charge in [-0.2, -0.15) is 0 Å². The molecule has 1 heterocycles. The summed E-state index contributed by atoms with van der Waals surface area (Å²) in [6.45, 7) is 15.7. The van der Waals surface area contributed by atoms with Gasteiger partial charge in [0.2, 0.25) is 0 Å². The normalized spacial score (nSPS) is 19.6. The van der Waals surface area contributed by atoms with E-state index < -0.39 is 16.6 Å². The van der Waals surface area contributed by atoms with Crippen molar-refractivity contribution >= 4 is 16.6 Å². The van der Waals surface area contributed by atoms with E-state index in [1.165, 1.54) is 51.4 Å².